The number of methoxy groups -OCH3 is 1. The summed E-state index contributed by atoms with van der Waals surface area (Å²) in [5, 5.41) is 11.8. The third kappa shape index (κ3) is 4.76. The van der Waals surface area contributed by atoms with Crippen molar-refractivity contribution in [1.82, 2.24) is 5.32 Å². The zero-order chi connectivity index (χ0) is 15.0. The minimum absolute atomic E-state index is 0.0806. The summed E-state index contributed by atoms with van der Waals surface area (Å²) in [4.78, 5) is 23.6. The molecule has 20 heavy (non-hydrogen) atoms. The molecule has 1 aromatic carbocycles. The van der Waals surface area contributed by atoms with Crippen LogP contribution in [0.2, 0.25) is 0 Å². The average molecular weight is 277 g/mol. The Hall–Kier alpha value is -2.30. The van der Waals surface area contributed by atoms with E-state index in [4.69, 9.17) is 0 Å². The number of allylic oxidation sites excluding steroid dienone is 1. The van der Waals surface area contributed by atoms with Crippen LogP contribution in [0.25, 0.3) is 0 Å². The highest BCUT2D eigenvalue weighted by molar-refractivity contribution is 5.96. The predicted molar refractivity (Wildman–Crippen MR) is 75.4 cm³/mol. The Bertz CT molecular complexity index is 467. The number of benzene rings is 1. The molecule has 0 spiro atoms. The topological polar surface area (TPSA) is 75.6 Å². The molecule has 1 rings (SSSR count). The first-order chi connectivity index (χ1) is 9.58. The third-order valence-corrected chi connectivity index (χ3v) is 2.82. The molecule has 0 bridgehead atoms. The van der Waals surface area contributed by atoms with E-state index in [0.717, 1.165) is 12.8 Å². The lowest BCUT2D eigenvalue weighted by atomic mass is 10.1. The molecule has 5 nitrogen and oxygen atoms in total. The number of amides is 1. The number of rotatable bonds is 7. The van der Waals surface area contributed by atoms with Gasteiger partial charge in [-0.15, -0.1) is 6.58 Å². The molecule has 5 heteroatoms. The number of aromatic hydroxyl groups is 1. The van der Waals surface area contributed by atoms with Gasteiger partial charge in [0.2, 0.25) is 0 Å². The van der Waals surface area contributed by atoms with E-state index in [1.807, 2.05) is 0 Å². The van der Waals surface area contributed by atoms with Crippen LogP contribution in [0.15, 0.2) is 36.9 Å². The van der Waals surface area contributed by atoms with Crippen molar-refractivity contribution in [2.24, 2.45) is 0 Å². The first-order valence-corrected chi connectivity index (χ1v) is 6.37. The number of hydrogen-bond donors (Lipinski definition) is 2. The standard InChI is InChI=1S/C15H19NO4/c1-3-4-5-6-13(15(19)20-2)16-14(18)11-7-9-12(17)10-8-11/h3,7-10,13,17H,1,4-6H2,2H3,(H,16,18)/t13-/m0/s1. The molecule has 0 aliphatic rings. The maximum Gasteiger partial charge on any atom is 0.328 e. The molecule has 1 aromatic rings. The van der Waals surface area contributed by atoms with Crippen molar-refractivity contribution < 1.29 is 19.4 Å². The summed E-state index contributed by atoms with van der Waals surface area (Å²) in [5.74, 6) is -0.766. The smallest absolute Gasteiger partial charge is 0.328 e. The molecule has 0 aliphatic heterocycles. The van der Waals surface area contributed by atoms with Crippen molar-refractivity contribution in [3.05, 3.63) is 42.5 Å². The van der Waals surface area contributed by atoms with Crippen LogP contribution >= 0.6 is 0 Å². The fourth-order valence-electron chi connectivity index (χ4n) is 1.71. The Morgan fingerprint density at radius 1 is 1.40 bits per heavy atom. The minimum atomic E-state index is -0.679. The zero-order valence-corrected chi connectivity index (χ0v) is 11.5. The highest BCUT2D eigenvalue weighted by atomic mass is 16.5. The highest BCUT2D eigenvalue weighted by Gasteiger charge is 2.21. The van der Waals surface area contributed by atoms with Gasteiger partial charge >= 0.3 is 5.97 Å². The summed E-state index contributed by atoms with van der Waals surface area (Å²) in [6, 6.07) is 5.13. The fraction of sp³-hybridized carbons (Fsp3) is 0.333. The van der Waals surface area contributed by atoms with Gasteiger partial charge in [0.1, 0.15) is 11.8 Å². The molecule has 0 fully saturated rings. The Morgan fingerprint density at radius 2 is 2.05 bits per heavy atom. The molecular weight excluding hydrogens is 258 g/mol. The lowest BCUT2D eigenvalue weighted by Crippen LogP contribution is -2.41. The van der Waals surface area contributed by atoms with Gasteiger partial charge in [-0.1, -0.05) is 6.08 Å². The summed E-state index contributed by atoms with van der Waals surface area (Å²) in [6.45, 7) is 3.61. The fourth-order valence-corrected chi connectivity index (χ4v) is 1.71. The predicted octanol–water partition coefficient (Wildman–Crippen LogP) is 2.02. The second kappa shape index (κ2) is 7.99. The Labute approximate surface area is 118 Å². The minimum Gasteiger partial charge on any atom is -0.508 e. The Morgan fingerprint density at radius 3 is 2.60 bits per heavy atom. The summed E-state index contributed by atoms with van der Waals surface area (Å²) >= 11 is 0. The molecule has 0 saturated heterocycles. The van der Waals surface area contributed by atoms with E-state index in [0.29, 0.717) is 12.0 Å². The van der Waals surface area contributed by atoms with E-state index in [1.165, 1.54) is 31.4 Å². The average Bonchev–Trinajstić information content (AvgIpc) is 2.46. The summed E-state index contributed by atoms with van der Waals surface area (Å²) in [6.07, 6.45) is 3.75. The van der Waals surface area contributed by atoms with Crippen LogP contribution in [0.5, 0.6) is 5.75 Å². The van der Waals surface area contributed by atoms with Gasteiger partial charge in [0.05, 0.1) is 7.11 Å². The number of carbonyl (C=O) groups is 2. The molecule has 0 heterocycles. The van der Waals surface area contributed by atoms with Crippen molar-refractivity contribution in [2.45, 2.75) is 25.3 Å². The van der Waals surface area contributed by atoms with Gasteiger partial charge in [-0.3, -0.25) is 4.79 Å². The summed E-state index contributed by atoms with van der Waals surface area (Å²) in [7, 11) is 1.29. The van der Waals surface area contributed by atoms with E-state index in [9.17, 15) is 14.7 Å². The zero-order valence-electron chi connectivity index (χ0n) is 11.5. The Balaban J connectivity index is 2.67. The van der Waals surface area contributed by atoms with Gasteiger partial charge in [0.25, 0.3) is 5.91 Å². The summed E-state index contributed by atoms with van der Waals surface area (Å²) in [5.41, 5.74) is 0.375. The van der Waals surface area contributed by atoms with E-state index in [1.54, 1.807) is 6.08 Å². The molecule has 108 valence electrons. The van der Waals surface area contributed by atoms with Gasteiger partial charge in [0.15, 0.2) is 0 Å². The molecular formula is C15H19NO4. The molecule has 0 aliphatic carbocycles. The lowest BCUT2D eigenvalue weighted by molar-refractivity contribution is -0.143. The van der Waals surface area contributed by atoms with Crippen molar-refractivity contribution in [3.8, 4) is 5.75 Å². The first-order valence-electron chi connectivity index (χ1n) is 6.37. The van der Waals surface area contributed by atoms with Gasteiger partial charge in [0, 0.05) is 5.56 Å². The van der Waals surface area contributed by atoms with Crippen LogP contribution in [0.3, 0.4) is 0 Å². The van der Waals surface area contributed by atoms with Crippen LogP contribution < -0.4 is 5.32 Å². The largest absolute Gasteiger partial charge is 0.508 e. The number of unbranched alkanes of at least 4 members (excludes halogenated alkanes) is 1. The van der Waals surface area contributed by atoms with Crippen molar-refractivity contribution in [2.75, 3.05) is 7.11 Å². The molecule has 1 atom stereocenters. The number of hydrogen-bond acceptors (Lipinski definition) is 4. The van der Waals surface area contributed by atoms with Gasteiger partial charge in [-0.05, 0) is 43.5 Å². The van der Waals surface area contributed by atoms with Gasteiger partial charge < -0.3 is 15.2 Å². The SMILES string of the molecule is C=CCCC[C@H](NC(=O)c1ccc(O)cc1)C(=O)OC. The lowest BCUT2D eigenvalue weighted by Gasteiger charge is -2.16. The quantitative estimate of drug-likeness (QED) is 0.454. The first kappa shape index (κ1) is 15.8. The second-order valence-corrected chi connectivity index (χ2v) is 4.32. The van der Waals surface area contributed by atoms with E-state index in [2.05, 4.69) is 16.6 Å². The molecule has 0 unspecified atom stereocenters. The van der Waals surface area contributed by atoms with Crippen molar-refractivity contribution in [3.63, 3.8) is 0 Å². The number of phenols is 1. The number of esters is 1. The number of ether oxygens (including phenoxy) is 1. The maximum absolute atomic E-state index is 12.0. The van der Waals surface area contributed by atoms with E-state index >= 15 is 0 Å². The molecule has 1 amide bonds. The maximum atomic E-state index is 12.0. The van der Waals surface area contributed by atoms with Crippen molar-refractivity contribution in [1.29, 1.82) is 0 Å². The van der Waals surface area contributed by atoms with E-state index in [-0.39, 0.29) is 11.7 Å². The third-order valence-electron chi connectivity index (χ3n) is 2.82. The molecule has 0 saturated carbocycles. The van der Waals surface area contributed by atoms with Gasteiger partial charge in [-0.25, -0.2) is 4.79 Å². The van der Waals surface area contributed by atoms with E-state index < -0.39 is 12.0 Å². The van der Waals surface area contributed by atoms with Crippen LogP contribution in [-0.2, 0) is 9.53 Å². The van der Waals surface area contributed by atoms with Crippen LogP contribution in [0.1, 0.15) is 29.6 Å². The van der Waals surface area contributed by atoms with Crippen LogP contribution in [0, 0.1) is 0 Å². The molecule has 2 N–H and O–H groups in total. The highest BCUT2D eigenvalue weighted by Crippen LogP contribution is 2.10. The van der Waals surface area contributed by atoms with Crippen molar-refractivity contribution >= 4 is 11.9 Å². The van der Waals surface area contributed by atoms with Crippen LogP contribution in [-0.4, -0.2) is 30.1 Å². The van der Waals surface area contributed by atoms with Crippen LogP contribution in [0.4, 0.5) is 0 Å². The number of nitrogens with one attached hydrogen (secondary N) is 1. The molecule has 0 aromatic heterocycles. The monoisotopic (exact) mass is 277 g/mol. The normalized spacial score (nSPS) is 11.4. The molecule has 0 radical (unpaired) electrons. The number of carbonyl (C=O) groups excluding carboxylic acids is 2. The Kier molecular flexibility index (Phi) is 6.29. The summed E-state index contributed by atoms with van der Waals surface area (Å²) < 4.78 is 4.68. The second-order valence-electron chi connectivity index (χ2n) is 4.32. The number of phenolic OH excluding ortho intramolecular Hbond substituents is 1. The van der Waals surface area contributed by atoms with Gasteiger partial charge in [-0.2, -0.15) is 0 Å².